The van der Waals surface area contributed by atoms with Crippen LogP contribution in [-0.4, -0.2) is 5.78 Å². The van der Waals surface area contributed by atoms with Crippen LogP contribution < -0.4 is 0 Å². The molecule has 2 rings (SSSR count). The number of carbonyl (C=O) groups is 1. The standard InChI is InChI=1S/C9H6Br2O3/c10-6-4-8(14-9(6)11)7-3-5(12)1-2-13-7/h1-2,4,7H,3H2. The number of hydrogen-bond donors (Lipinski definition) is 0. The van der Waals surface area contributed by atoms with Crippen LogP contribution in [0.4, 0.5) is 0 Å². The van der Waals surface area contributed by atoms with E-state index in [1.807, 2.05) is 0 Å². The second-order valence-corrected chi connectivity index (χ2v) is 4.44. The lowest BCUT2D eigenvalue weighted by molar-refractivity contribution is -0.118. The molecular formula is C9H6Br2O3. The number of allylic oxidation sites excluding steroid dienone is 1. The molecular weight excluding hydrogens is 316 g/mol. The van der Waals surface area contributed by atoms with E-state index in [2.05, 4.69) is 31.9 Å². The normalized spacial score (nSPS) is 21.0. The molecule has 0 N–H and O–H groups in total. The summed E-state index contributed by atoms with van der Waals surface area (Å²) in [5.74, 6) is 0.686. The van der Waals surface area contributed by atoms with Gasteiger partial charge in [-0.15, -0.1) is 0 Å². The van der Waals surface area contributed by atoms with Gasteiger partial charge < -0.3 is 9.15 Å². The van der Waals surface area contributed by atoms with Crippen LogP contribution >= 0.6 is 31.9 Å². The van der Waals surface area contributed by atoms with Crippen LogP contribution in [-0.2, 0) is 9.53 Å². The number of hydrogen-bond acceptors (Lipinski definition) is 3. The summed E-state index contributed by atoms with van der Waals surface area (Å²) in [6.45, 7) is 0. The quantitative estimate of drug-likeness (QED) is 0.796. The van der Waals surface area contributed by atoms with Gasteiger partial charge in [0.05, 0.1) is 17.2 Å². The minimum atomic E-state index is -0.310. The molecule has 5 heteroatoms. The molecule has 1 aliphatic rings. The molecule has 2 heterocycles. The SMILES string of the molecule is O=C1C=COC(c2cc(Br)c(Br)o2)C1. The molecule has 0 aliphatic carbocycles. The summed E-state index contributed by atoms with van der Waals surface area (Å²) in [7, 11) is 0. The van der Waals surface area contributed by atoms with Crippen molar-refractivity contribution in [3.05, 3.63) is 33.3 Å². The van der Waals surface area contributed by atoms with Gasteiger partial charge >= 0.3 is 0 Å². The third-order valence-corrected chi connectivity index (χ3v) is 3.58. The molecule has 3 nitrogen and oxygen atoms in total. The van der Waals surface area contributed by atoms with E-state index >= 15 is 0 Å². The van der Waals surface area contributed by atoms with E-state index in [-0.39, 0.29) is 11.9 Å². The third-order valence-electron chi connectivity index (χ3n) is 1.86. The van der Waals surface area contributed by atoms with Crippen molar-refractivity contribution < 1.29 is 13.9 Å². The van der Waals surface area contributed by atoms with E-state index in [4.69, 9.17) is 9.15 Å². The highest BCUT2D eigenvalue weighted by atomic mass is 79.9. The molecule has 0 saturated carbocycles. The van der Waals surface area contributed by atoms with Crippen molar-refractivity contribution in [2.45, 2.75) is 12.5 Å². The number of ether oxygens (including phenoxy) is 1. The molecule has 0 fully saturated rings. The van der Waals surface area contributed by atoms with Crippen molar-refractivity contribution in [2.24, 2.45) is 0 Å². The molecule has 0 bridgehead atoms. The maximum atomic E-state index is 11.1. The zero-order valence-corrected chi connectivity index (χ0v) is 10.2. The van der Waals surface area contributed by atoms with Crippen molar-refractivity contribution in [1.82, 2.24) is 0 Å². The molecule has 1 unspecified atom stereocenters. The average Bonchev–Trinajstić information content (AvgIpc) is 2.47. The first-order chi connectivity index (χ1) is 6.66. The summed E-state index contributed by atoms with van der Waals surface area (Å²) >= 11 is 6.52. The summed E-state index contributed by atoms with van der Waals surface area (Å²) in [5, 5.41) is 0. The predicted octanol–water partition coefficient (Wildman–Crippen LogP) is 3.35. The fraction of sp³-hybridized carbons (Fsp3) is 0.222. The van der Waals surface area contributed by atoms with Crippen LogP contribution in [0.3, 0.4) is 0 Å². The smallest absolute Gasteiger partial charge is 0.183 e. The van der Waals surface area contributed by atoms with Gasteiger partial charge in [0.15, 0.2) is 16.6 Å². The summed E-state index contributed by atoms with van der Waals surface area (Å²) in [6, 6.07) is 1.79. The fourth-order valence-electron chi connectivity index (χ4n) is 1.20. The maximum Gasteiger partial charge on any atom is 0.183 e. The Hall–Kier alpha value is -0.550. The minimum absolute atomic E-state index is 0.0462. The van der Waals surface area contributed by atoms with E-state index in [1.54, 1.807) is 6.07 Å². The molecule has 1 aromatic heterocycles. The summed E-state index contributed by atoms with van der Waals surface area (Å²) in [6.07, 6.45) is 2.84. The molecule has 0 radical (unpaired) electrons. The Morgan fingerprint density at radius 1 is 1.43 bits per heavy atom. The van der Waals surface area contributed by atoms with Gasteiger partial charge in [-0.3, -0.25) is 4.79 Å². The average molecular weight is 322 g/mol. The molecule has 1 atom stereocenters. The largest absolute Gasteiger partial charge is 0.489 e. The van der Waals surface area contributed by atoms with Crippen molar-refractivity contribution in [3.63, 3.8) is 0 Å². The highest BCUT2D eigenvalue weighted by Gasteiger charge is 2.23. The summed E-state index contributed by atoms with van der Waals surface area (Å²) in [5.41, 5.74) is 0. The second-order valence-electron chi connectivity index (χ2n) is 2.87. The van der Waals surface area contributed by atoms with Gasteiger partial charge in [0.2, 0.25) is 0 Å². The molecule has 0 aromatic carbocycles. The van der Waals surface area contributed by atoms with Crippen molar-refractivity contribution >= 4 is 37.6 Å². The molecule has 14 heavy (non-hydrogen) atoms. The topological polar surface area (TPSA) is 39.4 Å². The van der Waals surface area contributed by atoms with Crippen molar-refractivity contribution in [3.8, 4) is 0 Å². The molecule has 0 saturated heterocycles. The fourth-order valence-corrected chi connectivity index (χ4v) is 1.81. The Labute approximate surface area is 97.4 Å². The Balaban J connectivity index is 2.23. The number of carbonyl (C=O) groups excluding carboxylic acids is 1. The first-order valence-electron chi connectivity index (χ1n) is 3.96. The number of halogens is 2. The lowest BCUT2D eigenvalue weighted by atomic mass is 10.1. The predicted molar refractivity (Wildman–Crippen MR) is 56.7 cm³/mol. The lowest BCUT2D eigenvalue weighted by Crippen LogP contribution is -2.10. The third kappa shape index (κ3) is 1.93. The maximum absolute atomic E-state index is 11.1. The zero-order chi connectivity index (χ0) is 10.1. The number of rotatable bonds is 1. The van der Waals surface area contributed by atoms with Crippen LogP contribution in [0.1, 0.15) is 18.3 Å². The van der Waals surface area contributed by atoms with Crippen LogP contribution in [0.15, 0.2) is 32.0 Å². The number of ketones is 1. The van der Waals surface area contributed by atoms with E-state index in [1.165, 1.54) is 12.3 Å². The Bertz CT molecular complexity index is 375. The van der Waals surface area contributed by atoms with E-state index in [0.29, 0.717) is 16.9 Å². The highest BCUT2D eigenvalue weighted by Crippen LogP contribution is 2.33. The van der Waals surface area contributed by atoms with E-state index < -0.39 is 0 Å². The number of furan rings is 1. The zero-order valence-electron chi connectivity index (χ0n) is 7.00. The molecule has 1 aromatic rings. The van der Waals surface area contributed by atoms with Gasteiger partial charge in [-0.05, 0) is 37.9 Å². The Morgan fingerprint density at radius 3 is 2.79 bits per heavy atom. The van der Waals surface area contributed by atoms with Gasteiger partial charge in [-0.2, -0.15) is 0 Å². The van der Waals surface area contributed by atoms with Gasteiger partial charge in [-0.25, -0.2) is 0 Å². The Morgan fingerprint density at radius 2 is 2.21 bits per heavy atom. The minimum Gasteiger partial charge on any atom is -0.489 e. The van der Waals surface area contributed by atoms with Crippen LogP contribution in [0.25, 0.3) is 0 Å². The second kappa shape index (κ2) is 3.90. The van der Waals surface area contributed by atoms with E-state index in [9.17, 15) is 4.79 Å². The molecule has 1 aliphatic heterocycles. The summed E-state index contributed by atoms with van der Waals surface area (Å²) in [4.78, 5) is 11.1. The van der Waals surface area contributed by atoms with Crippen molar-refractivity contribution in [2.75, 3.05) is 0 Å². The molecule has 74 valence electrons. The van der Waals surface area contributed by atoms with E-state index in [0.717, 1.165) is 4.47 Å². The Kier molecular flexibility index (Phi) is 2.78. The molecule has 0 spiro atoms. The van der Waals surface area contributed by atoms with Crippen LogP contribution in [0, 0.1) is 0 Å². The van der Waals surface area contributed by atoms with Gasteiger partial charge in [-0.1, -0.05) is 0 Å². The van der Waals surface area contributed by atoms with Gasteiger partial charge in [0, 0.05) is 6.08 Å². The summed E-state index contributed by atoms with van der Waals surface area (Å²) < 4.78 is 12.1. The first-order valence-corrected chi connectivity index (χ1v) is 5.55. The highest BCUT2D eigenvalue weighted by molar-refractivity contribution is 9.13. The van der Waals surface area contributed by atoms with Gasteiger partial charge in [0.1, 0.15) is 5.76 Å². The molecule has 0 amide bonds. The van der Waals surface area contributed by atoms with Crippen LogP contribution in [0.2, 0.25) is 0 Å². The van der Waals surface area contributed by atoms with Crippen LogP contribution in [0.5, 0.6) is 0 Å². The van der Waals surface area contributed by atoms with Crippen molar-refractivity contribution in [1.29, 1.82) is 0 Å². The lowest BCUT2D eigenvalue weighted by Gasteiger charge is -2.15. The van der Waals surface area contributed by atoms with Gasteiger partial charge in [0.25, 0.3) is 0 Å². The first kappa shape index (κ1) is 9.98. The monoisotopic (exact) mass is 320 g/mol.